The van der Waals surface area contributed by atoms with Crippen LogP contribution in [0.25, 0.3) is 0 Å². The fraction of sp³-hybridized carbons (Fsp3) is 0.733. The first-order chi connectivity index (χ1) is 8.88. The van der Waals surface area contributed by atoms with Gasteiger partial charge in [-0.25, -0.2) is 0 Å². The Morgan fingerprint density at radius 1 is 1.22 bits per heavy atom. The Morgan fingerprint density at radius 2 is 2.00 bits per heavy atom. The van der Waals surface area contributed by atoms with Gasteiger partial charge >= 0.3 is 0 Å². The molecule has 18 heavy (non-hydrogen) atoms. The Morgan fingerprint density at radius 3 is 2.78 bits per heavy atom. The van der Waals surface area contributed by atoms with Crippen LogP contribution in [0.15, 0.2) is 16.5 Å². The van der Waals surface area contributed by atoms with Crippen LogP contribution in [-0.4, -0.2) is 13.2 Å². The molecule has 1 aromatic heterocycles. The summed E-state index contributed by atoms with van der Waals surface area (Å²) in [5, 5.41) is 3.25. The van der Waals surface area contributed by atoms with Crippen molar-refractivity contribution in [3.05, 3.63) is 23.7 Å². The molecule has 0 unspecified atom stereocenters. The van der Waals surface area contributed by atoms with Gasteiger partial charge in [-0.3, -0.25) is 0 Å². The summed E-state index contributed by atoms with van der Waals surface area (Å²) in [4.78, 5) is 0. The van der Waals surface area contributed by atoms with E-state index in [2.05, 4.69) is 12.2 Å². The third kappa shape index (κ3) is 4.46. The van der Waals surface area contributed by atoms with E-state index in [9.17, 15) is 0 Å². The summed E-state index contributed by atoms with van der Waals surface area (Å²) in [6, 6.07) is 4.05. The Labute approximate surface area is 110 Å². The molecule has 0 saturated heterocycles. The van der Waals surface area contributed by atoms with E-state index in [4.69, 9.17) is 9.15 Å². The average molecular weight is 251 g/mol. The quantitative estimate of drug-likeness (QED) is 0.805. The summed E-state index contributed by atoms with van der Waals surface area (Å²) in [5.41, 5.74) is 0. The summed E-state index contributed by atoms with van der Waals surface area (Å²) in [6.45, 7) is 5.37. The van der Waals surface area contributed by atoms with E-state index in [1.807, 2.05) is 12.1 Å². The van der Waals surface area contributed by atoms with Crippen LogP contribution in [0.1, 0.15) is 50.5 Å². The summed E-state index contributed by atoms with van der Waals surface area (Å²) >= 11 is 0. The van der Waals surface area contributed by atoms with Crippen molar-refractivity contribution in [3.63, 3.8) is 0 Å². The van der Waals surface area contributed by atoms with E-state index in [0.717, 1.165) is 37.1 Å². The van der Waals surface area contributed by atoms with Crippen LogP contribution >= 0.6 is 0 Å². The fourth-order valence-electron chi connectivity index (χ4n) is 2.52. The Balaban J connectivity index is 1.64. The average Bonchev–Trinajstić information content (AvgIpc) is 2.85. The standard InChI is InChI=1S/C15H25NO2/c1-2-16-10-14-8-9-15(18-14)12-17-11-13-6-4-3-5-7-13/h8-9,13,16H,2-7,10-12H2,1H3. The van der Waals surface area contributed by atoms with Crippen LogP contribution in [0.4, 0.5) is 0 Å². The molecule has 102 valence electrons. The van der Waals surface area contributed by atoms with Gasteiger partial charge in [-0.2, -0.15) is 0 Å². The minimum absolute atomic E-state index is 0.614. The molecule has 0 radical (unpaired) electrons. The lowest BCUT2D eigenvalue weighted by atomic mass is 9.90. The van der Waals surface area contributed by atoms with E-state index in [0.29, 0.717) is 6.61 Å². The molecule has 1 N–H and O–H groups in total. The zero-order valence-electron chi connectivity index (χ0n) is 11.4. The molecule has 0 amide bonds. The van der Waals surface area contributed by atoms with E-state index in [1.54, 1.807) is 0 Å². The first-order valence-electron chi connectivity index (χ1n) is 7.24. The number of hydrogen-bond acceptors (Lipinski definition) is 3. The smallest absolute Gasteiger partial charge is 0.129 e. The van der Waals surface area contributed by atoms with Crippen molar-refractivity contribution in [2.45, 2.75) is 52.2 Å². The lowest BCUT2D eigenvalue weighted by molar-refractivity contribution is 0.0631. The molecule has 0 spiro atoms. The van der Waals surface area contributed by atoms with E-state index in [-0.39, 0.29) is 0 Å². The van der Waals surface area contributed by atoms with Crippen LogP contribution in [0.3, 0.4) is 0 Å². The molecule has 1 aliphatic rings. The minimum atomic E-state index is 0.614. The Bertz CT molecular complexity index is 329. The monoisotopic (exact) mass is 251 g/mol. The predicted molar refractivity (Wildman–Crippen MR) is 72.3 cm³/mol. The van der Waals surface area contributed by atoms with Gasteiger partial charge in [-0.1, -0.05) is 26.2 Å². The van der Waals surface area contributed by atoms with Crippen LogP contribution in [0.5, 0.6) is 0 Å². The molecule has 3 nitrogen and oxygen atoms in total. The molecule has 1 fully saturated rings. The molecule has 0 aromatic carbocycles. The van der Waals surface area contributed by atoms with Crippen LogP contribution in [-0.2, 0) is 17.9 Å². The largest absolute Gasteiger partial charge is 0.462 e. The molecule has 1 aliphatic carbocycles. The molecule has 1 saturated carbocycles. The highest BCUT2D eigenvalue weighted by atomic mass is 16.5. The molecular weight excluding hydrogens is 226 g/mol. The van der Waals surface area contributed by atoms with Crippen molar-refractivity contribution in [2.24, 2.45) is 5.92 Å². The van der Waals surface area contributed by atoms with Gasteiger partial charge in [0.2, 0.25) is 0 Å². The highest BCUT2D eigenvalue weighted by Crippen LogP contribution is 2.24. The van der Waals surface area contributed by atoms with Gasteiger partial charge in [0.1, 0.15) is 18.1 Å². The highest BCUT2D eigenvalue weighted by Gasteiger charge is 2.13. The summed E-state index contributed by atoms with van der Waals surface area (Å²) in [6.07, 6.45) is 6.83. The molecular formula is C15H25NO2. The predicted octanol–water partition coefficient (Wildman–Crippen LogP) is 3.49. The Hall–Kier alpha value is -0.800. The molecule has 0 atom stereocenters. The fourth-order valence-corrected chi connectivity index (χ4v) is 2.52. The SMILES string of the molecule is CCNCc1ccc(COCC2CCCCC2)o1. The van der Waals surface area contributed by atoms with E-state index in [1.165, 1.54) is 32.1 Å². The lowest BCUT2D eigenvalue weighted by Gasteiger charge is -2.20. The second-order valence-electron chi connectivity index (χ2n) is 5.17. The Kier molecular flexibility index (Phi) is 5.75. The number of furan rings is 1. The maximum atomic E-state index is 5.76. The molecule has 1 heterocycles. The van der Waals surface area contributed by atoms with E-state index < -0.39 is 0 Å². The van der Waals surface area contributed by atoms with Gasteiger partial charge in [-0.15, -0.1) is 0 Å². The van der Waals surface area contributed by atoms with Gasteiger partial charge < -0.3 is 14.5 Å². The maximum absolute atomic E-state index is 5.76. The first-order valence-corrected chi connectivity index (χ1v) is 7.24. The number of nitrogens with one attached hydrogen (secondary N) is 1. The van der Waals surface area contributed by atoms with Gasteiger partial charge in [-0.05, 0) is 37.4 Å². The third-order valence-corrected chi connectivity index (χ3v) is 3.59. The summed E-state index contributed by atoms with van der Waals surface area (Å²) < 4.78 is 11.5. The topological polar surface area (TPSA) is 34.4 Å². The molecule has 0 bridgehead atoms. The van der Waals surface area contributed by atoms with Crippen LogP contribution in [0, 0.1) is 5.92 Å². The van der Waals surface area contributed by atoms with Crippen LogP contribution < -0.4 is 5.32 Å². The van der Waals surface area contributed by atoms with Crippen molar-refractivity contribution in [3.8, 4) is 0 Å². The minimum Gasteiger partial charge on any atom is -0.462 e. The van der Waals surface area contributed by atoms with Crippen molar-refractivity contribution in [1.82, 2.24) is 5.32 Å². The number of hydrogen-bond donors (Lipinski definition) is 1. The highest BCUT2D eigenvalue weighted by molar-refractivity contribution is 5.06. The summed E-state index contributed by atoms with van der Waals surface area (Å²) in [7, 11) is 0. The molecule has 2 rings (SSSR count). The van der Waals surface area contributed by atoms with Gasteiger partial charge in [0.05, 0.1) is 6.54 Å². The summed E-state index contributed by atoms with van der Waals surface area (Å²) in [5.74, 6) is 2.71. The van der Waals surface area contributed by atoms with Gasteiger partial charge in [0, 0.05) is 6.61 Å². The maximum Gasteiger partial charge on any atom is 0.129 e. The van der Waals surface area contributed by atoms with Crippen molar-refractivity contribution in [1.29, 1.82) is 0 Å². The zero-order valence-corrected chi connectivity index (χ0v) is 11.4. The first kappa shape index (κ1) is 13.6. The van der Waals surface area contributed by atoms with Gasteiger partial charge in [0.25, 0.3) is 0 Å². The van der Waals surface area contributed by atoms with Gasteiger partial charge in [0.15, 0.2) is 0 Å². The normalized spacial score (nSPS) is 17.2. The molecule has 1 aromatic rings. The van der Waals surface area contributed by atoms with Crippen molar-refractivity contribution >= 4 is 0 Å². The lowest BCUT2D eigenvalue weighted by Crippen LogP contribution is -2.13. The van der Waals surface area contributed by atoms with Crippen molar-refractivity contribution in [2.75, 3.05) is 13.2 Å². The third-order valence-electron chi connectivity index (χ3n) is 3.59. The molecule has 3 heteroatoms. The number of rotatable bonds is 7. The van der Waals surface area contributed by atoms with Crippen LogP contribution in [0.2, 0.25) is 0 Å². The molecule has 0 aliphatic heterocycles. The second-order valence-corrected chi connectivity index (χ2v) is 5.17. The second kappa shape index (κ2) is 7.59. The number of ether oxygens (including phenoxy) is 1. The van der Waals surface area contributed by atoms with E-state index >= 15 is 0 Å². The van der Waals surface area contributed by atoms with Crippen molar-refractivity contribution < 1.29 is 9.15 Å². The zero-order chi connectivity index (χ0) is 12.6.